The van der Waals surface area contributed by atoms with Gasteiger partial charge in [-0.2, -0.15) is 0 Å². The van der Waals surface area contributed by atoms with Crippen LogP contribution < -0.4 is 5.32 Å². The number of alkyl halides is 1. The van der Waals surface area contributed by atoms with Crippen molar-refractivity contribution >= 4 is 11.6 Å². The Balaban J connectivity index is 2.54. The van der Waals surface area contributed by atoms with E-state index in [1.165, 1.54) is 12.1 Å². The molecule has 15 heavy (non-hydrogen) atoms. The van der Waals surface area contributed by atoms with Gasteiger partial charge in [0.15, 0.2) is 0 Å². The molecule has 0 heterocycles. The first-order valence-corrected chi connectivity index (χ1v) is 5.49. The smallest absolute Gasteiger partial charge is 0.123 e. The van der Waals surface area contributed by atoms with Crippen LogP contribution in [-0.4, -0.2) is 10.9 Å². The molecule has 0 spiro atoms. The molecule has 0 radical (unpaired) electrons. The fourth-order valence-electron chi connectivity index (χ4n) is 1.07. The van der Waals surface area contributed by atoms with Gasteiger partial charge in [-0.05, 0) is 38.5 Å². The summed E-state index contributed by atoms with van der Waals surface area (Å²) in [4.78, 5) is 0. The third-order valence-electron chi connectivity index (χ3n) is 2.66. The number of benzene rings is 1. The minimum atomic E-state index is -0.205. The van der Waals surface area contributed by atoms with E-state index in [9.17, 15) is 4.39 Å². The summed E-state index contributed by atoms with van der Waals surface area (Å²) in [6.45, 7) is 6.76. The van der Waals surface area contributed by atoms with Gasteiger partial charge < -0.3 is 5.32 Å². The average Bonchev–Trinajstić information content (AvgIpc) is 2.17. The van der Waals surface area contributed by atoms with Gasteiger partial charge in [-0.3, -0.25) is 0 Å². The van der Waals surface area contributed by atoms with E-state index in [1.54, 1.807) is 12.1 Å². The van der Waals surface area contributed by atoms with Gasteiger partial charge in [0.2, 0.25) is 0 Å². The Labute approximate surface area is 95.6 Å². The highest BCUT2D eigenvalue weighted by atomic mass is 35.5. The second-order valence-electron chi connectivity index (χ2n) is 4.32. The Hall–Kier alpha value is -0.600. The molecule has 0 saturated carbocycles. The van der Waals surface area contributed by atoms with Crippen molar-refractivity contribution in [3.63, 3.8) is 0 Å². The summed E-state index contributed by atoms with van der Waals surface area (Å²) in [6.07, 6.45) is 0. The Morgan fingerprint density at radius 3 is 2.33 bits per heavy atom. The van der Waals surface area contributed by atoms with Gasteiger partial charge >= 0.3 is 0 Å². The second-order valence-corrected chi connectivity index (χ2v) is 4.97. The van der Waals surface area contributed by atoms with E-state index in [4.69, 9.17) is 11.6 Å². The molecule has 0 aliphatic rings. The number of hydrogen-bond donors (Lipinski definition) is 1. The molecular formula is C12H17ClFN. The fourth-order valence-corrected chi connectivity index (χ4v) is 1.15. The van der Waals surface area contributed by atoms with Crippen molar-refractivity contribution in [3.05, 3.63) is 35.6 Å². The highest BCUT2D eigenvalue weighted by Crippen LogP contribution is 2.15. The standard InChI is InChI=1S/C12H17ClFN/c1-9(13)12(2,3)15-8-10-4-6-11(14)7-5-10/h4-7,9,15H,8H2,1-3H3. The van der Waals surface area contributed by atoms with E-state index in [0.29, 0.717) is 6.54 Å². The first-order valence-electron chi connectivity index (χ1n) is 5.05. The summed E-state index contributed by atoms with van der Waals surface area (Å²) in [5, 5.41) is 3.38. The van der Waals surface area contributed by atoms with E-state index in [0.717, 1.165) is 5.56 Å². The molecule has 1 aromatic rings. The molecule has 3 heteroatoms. The van der Waals surface area contributed by atoms with Gasteiger partial charge in [-0.1, -0.05) is 12.1 Å². The van der Waals surface area contributed by atoms with Crippen LogP contribution in [0.5, 0.6) is 0 Å². The van der Waals surface area contributed by atoms with Crippen molar-refractivity contribution in [2.24, 2.45) is 0 Å². The number of rotatable bonds is 4. The first kappa shape index (κ1) is 12.5. The van der Waals surface area contributed by atoms with Crippen molar-refractivity contribution in [2.75, 3.05) is 0 Å². The average molecular weight is 230 g/mol. The molecule has 1 rings (SSSR count). The molecule has 0 saturated heterocycles. The van der Waals surface area contributed by atoms with Crippen LogP contribution in [0.2, 0.25) is 0 Å². The Morgan fingerprint density at radius 2 is 1.87 bits per heavy atom. The largest absolute Gasteiger partial charge is 0.306 e. The summed E-state index contributed by atoms with van der Waals surface area (Å²) >= 11 is 6.04. The summed E-state index contributed by atoms with van der Waals surface area (Å²) in [5.74, 6) is -0.205. The Bertz CT molecular complexity index is 306. The van der Waals surface area contributed by atoms with E-state index < -0.39 is 0 Å². The first-order chi connectivity index (χ1) is 6.92. The molecule has 0 aromatic heterocycles. The topological polar surface area (TPSA) is 12.0 Å². The molecule has 0 bridgehead atoms. The van der Waals surface area contributed by atoms with Crippen LogP contribution in [0.4, 0.5) is 4.39 Å². The monoisotopic (exact) mass is 229 g/mol. The molecule has 0 aliphatic carbocycles. The summed E-state index contributed by atoms with van der Waals surface area (Å²) in [5.41, 5.74) is 0.928. The van der Waals surface area contributed by atoms with Crippen molar-refractivity contribution in [1.82, 2.24) is 5.32 Å². The number of nitrogens with one attached hydrogen (secondary N) is 1. The molecule has 0 fully saturated rings. The minimum Gasteiger partial charge on any atom is -0.306 e. The molecule has 1 atom stereocenters. The van der Waals surface area contributed by atoms with Crippen LogP contribution in [0.3, 0.4) is 0 Å². The Morgan fingerprint density at radius 1 is 1.33 bits per heavy atom. The molecule has 84 valence electrons. The summed E-state index contributed by atoms with van der Waals surface area (Å²) < 4.78 is 12.6. The van der Waals surface area contributed by atoms with E-state index in [-0.39, 0.29) is 16.7 Å². The molecule has 0 amide bonds. The number of halogens is 2. The van der Waals surface area contributed by atoms with Gasteiger partial charge in [0, 0.05) is 17.5 Å². The van der Waals surface area contributed by atoms with Crippen molar-refractivity contribution < 1.29 is 4.39 Å². The predicted molar refractivity (Wildman–Crippen MR) is 62.6 cm³/mol. The fraction of sp³-hybridized carbons (Fsp3) is 0.500. The third kappa shape index (κ3) is 3.80. The number of hydrogen-bond acceptors (Lipinski definition) is 1. The molecule has 1 unspecified atom stereocenters. The SMILES string of the molecule is CC(Cl)C(C)(C)NCc1ccc(F)cc1. The lowest BCUT2D eigenvalue weighted by Crippen LogP contribution is -2.45. The van der Waals surface area contributed by atoms with Crippen LogP contribution in [0.15, 0.2) is 24.3 Å². The third-order valence-corrected chi connectivity index (χ3v) is 3.20. The van der Waals surface area contributed by atoms with Gasteiger partial charge in [0.1, 0.15) is 5.82 Å². The van der Waals surface area contributed by atoms with Crippen molar-refractivity contribution in [3.8, 4) is 0 Å². The van der Waals surface area contributed by atoms with Crippen LogP contribution in [0.25, 0.3) is 0 Å². The molecule has 1 nitrogen and oxygen atoms in total. The maximum atomic E-state index is 12.6. The predicted octanol–water partition coefficient (Wildman–Crippen LogP) is 3.32. The van der Waals surface area contributed by atoms with Crippen LogP contribution in [0, 0.1) is 5.82 Å². The zero-order chi connectivity index (χ0) is 11.5. The van der Waals surface area contributed by atoms with Gasteiger partial charge in [-0.25, -0.2) is 4.39 Å². The minimum absolute atomic E-state index is 0.0398. The van der Waals surface area contributed by atoms with Gasteiger partial charge in [-0.15, -0.1) is 11.6 Å². The molecular weight excluding hydrogens is 213 g/mol. The normalized spacial score (nSPS) is 13.9. The highest BCUT2D eigenvalue weighted by Gasteiger charge is 2.22. The Kier molecular flexibility index (Phi) is 4.12. The molecule has 1 N–H and O–H groups in total. The lowest BCUT2D eigenvalue weighted by Gasteiger charge is -2.29. The van der Waals surface area contributed by atoms with E-state index in [2.05, 4.69) is 5.32 Å². The van der Waals surface area contributed by atoms with Crippen molar-refractivity contribution in [2.45, 2.75) is 38.2 Å². The lowest BCUT2D eigenvalue weighted by atomic mass is 10.0. The van der Waals surface area contributed by atoms with Crippen LogP contribution in [-0.2, 0) is 6.54 Å². The quantitative estimate of drug-likeness (QED) is 0.782. The molecule has 0 aliphatic heterocycles. The second kappa shape index (κ2) is 4.95. The maximum absolute atomic E-state index is 12.6. The highest BCUT2D eigenvalue weighted by molar-refractivity contribution is 6.21. The van der Waals surface area contributed by atoms with E-state index >= 15 is 0 Å². The van der Waals surface area contributed by atoms with Crippen molar-refractivity contribution in [1.29, 1.82) is 0 Å². The zero-order valence-corrected chi connectivity index (χ0v) is 10.1. The summed E-state index contributed by atoms with van der Waals surface area (Å²) in [6, 6.07) is 6.48. The maximum Gasteiger partial charge on any atom is 0.123 e. The van der Waals surface area contributed by atoms with Gasteiger partial charge in [0.05, 0.1) is 0 Å². The van der Waals surface area contributed by atoms with Gasteiger partial charge in [0.25, 0.3) is 0 Å². The zero-order valence-electron chi connectivity index (χ0n) is 9.35. The van der Waals surface area contributed by atoms with Crippen LogP contribution >= 0.6 is 11.6 Å². The lowest BCUT2D eigenvalue weighted by molar-refractivity contribution is 0.380. The summed E-state index contributed by atoms with van der Waals surface area (Å²) in [7, 11) is 0. The molecule has 1 aromatic carbocycles. The van der Waals surface area contributed by atoms with E-state index in [1.807, 2.05) is 20.8 Å². The van der Waals surface area contributed by atoms with Crippen LogP contribution in [0.1, 0.15) is 26.3 Å².